The second-order valence-corrected chi connectivity index (χ2v) is 9.01. The Bertz CT molecular complexity index is 450. The molecular weight excluding hydrogens is 344 g/mol. The lowest BCUT2D eigenvalue weighted by molar-refractivity contribution is 0.268. The molecule has 1 aromatic rings. The molecule has 2 rings (SSSR count). The third-order valence-corrected chi connectivity index (χ3v) is 6.39. The van der Waals surface area contributed by atoms with Crippen molar-refractivity contribution in [3.63, 3.8) is 0 Å². The molecule has 1 aliphatic rings. The Labute approximate surface area is 142 Å². The van der Waals surface area contributed by atoms with Crippen LogP contribution in [0.15, 0.2) is 28.7 Å². The van der Waals surface area contributed by atoms with Crippen LogP contribution in [0, 0.1) is 0 Å². The maximum Gasteiger partial charge on any atom is 0.0340 e. The lowest BCUT2D eigenvalue weighted by atomic mass is 10.0. The van der Waals surface area contributed by atoms with Gasteiger partial charge in [-0.1, -0.05) is 48.0 Å². The predicted molar refractivity (Wildman–Crippen MR) is 98.2 cm³/mol. The molecule has 0 amide bonds. The van der Waals surface area contributed by atoms with Gasteiger partial charge in [0.2, 0.25) is 0 Å². The van der Waals surface area contributed by atoms with Gasteiger partial charge in [0.15, 0.2) is 0 Å². The Kier molecular flexibility index (Phi) is 6.60. The first kappa shape index (κ1) is 17.3. The molecule has 0 spiro atoms. The van der Waals surface area contributed by atoms with E-state index in [1.54, 1.807) is 0 Å². The van der Waals surface area contributed by atoms with Crippen LogP contribution in [0.3, 0.4) is 0 Å². The average Bonchev–Trinajstić information content (AvgIpc) is 2.62. The van der Waals surface area contributed by atoms with E-state index in [9.17, 15) is 0 Å². The predicted octanol–water partition coefficient (Wildman–Crippen LogP) is 4.32. The summed E-state index contributed by atoms with van der Waals surface area (Å²) in [6.07, 6.45) is 2.45. The van der Waals surface area contributed by atoms with E-state index in [0.29, 0.717) is 10.8 Å². The SMILES string of the molecule is CNC(CCN1CCSC(C)(C)CC1)c1ccccc1Br. The Morgan fingerprint density at radius 1 is 1.33 bits per heavy atom. The summed E-state index contributed by atoms with van der Waals surface area (Å²) in [4.78, 5) is 2.63. The summed E-state index contributed by atoms with van der Waals surface area (Å²) in [6.45, 7) is 8.37. The van der Waals surface area contributed by atoms with Gasteiger partial charge in [0.25, 0.3) is 0 Å². The van der Waals surface area contributed by atoms with Crippen LogP contribution in [-0.2, 0) is 0 Å². The van der Waals surface area contributed by atoms with Crippen LogP contribution in [0.4, 0.5) is 0 Å². The summed E-state index contributed by atoms with van der Waals surface area (Å²) in [5.74, 6) is 1.26. The first-order valence-electron chi connectivity index (χ1n) is 7.80. The van der Waals surface area contributed by atoms with E-state index in [1.807, 2.05) is 0 Å². The van der Waals surface area contributed by atoms with E-state index in [0.717, 1.165) is 6.42 Å². The molecule has 0 saturated carbocycles. The molecule has 0 aliphatic carbocycles. The fourth-order valence-corrected chi connectivity index (χ4v) is 4.51. The number of rotatable bonds is 5. The molecular formula is C17H27BrN2S. The molecule has 1 saturated heterocycles. The molecule has 21 heavy (non-hydrogen) atoms. The van der Waals surface area contributed by atoms with Crippen LogP contribution < -0.4 is 5.32 Å². The van der Waals surface area contributed by atoms with E-state index in [2.05, 4.69) is 83.1 Å². The van der Waals surface area contributed by atoms with Gasteiger partial charge in [-0.2, -0.15) is 11.8 Å². The molecule has 1 N–H and O–H groups in total. The summed E-state index contributed by atoms with van der Waals surface area (Å²) in [6, 6.07) is 8.96. The molecule has 1 fully saturated rings. The molecule has 2 nitrogen and oxygen atoms in total. The van der Waals surface area contributed by atoms with Crippen molar-refractivity contribution in [1.29, 1.82) is 0 Å². The normalized spacial score (nSPS) is 21.0. The highest BCUT2D eigenvalue weighted by Gasteiger charge is 2.24. The molecule has 1 unspecified atom stereocenters. The largest absolute Gasteiger partial charge is 0.313 e. The van der Waals surface area contributed by atoms with Crippen LogP contribution >= 0.6 is 27.7 Å². The van der Waals surface area contributed by atoms with Gasteiger partial charge < -0.3 is 10.2 Å². The van der Waals surface area contributed by atoms with Crippen molar-refractivity contribution in [2.75, 3.05) is 32.4 Å². The van der Waals surface area contributed by atoms with E-state index >= 15 is 0 Å². The minimum atomic E-state index is 0.421. The van der Waals surface area contributed by atoms with Gasteiger partial charge >= 0.3 is 0 Å². The highest BCUT2D eigenvalue weighted by atomic mass is 79.9. The van der Waals surface area contributed by atoms with Crippen LogP contribution in [0.2, 0.25) is 0 Å². The quantitative estimate of drug-likeness (QED) is 0.830. The number of nitrogens with one attached hydrogen (secondary N) is 1. The van der Waals surface area contributed by atoms with Crippen molar-refractivity contribution in [1.82, 2.24) is 10.2 Å². The summed E-state index contributed by atoms with van der Waals surface area (Å²) >= 11 is 5.79. The lowest BCUT2D eigenvalue weighted by Gasteiger charge is -2.25. The van der Waals surface area contributed by atoms with Crippen molar-refractivity contribution in [3.05, 3.63) is 34.3 Å². The van der Waals surface area contributed by atoms with Crippen molar-refractivity contribution in [2.24, 2.45) is 0 Å². The molecule has 1 aliphatic heterocycles. The first-order valence-corrected chi connectivity index (χ1v) is 9.58. The van der Waals surface area contributed by atoms with Gasteiger partial charge in [0.1, 0.15) is 0 Å². The van der Waals surface area contributed by atoms with Crippen LogP contribution in [-0.4, -0.2) is 42.1 Å². The molecule has 1 atom stereocenters. The smallest absolute Gasteiger partial charge is 0.0340 e. The summed E-state index contributed by atoms with van der Waals surface area (Å²) in [5, 5.41) is 3.47. The molecule has 0 radical (unpaired) electrons. The molecule has 1 aromatic carbocycles. The fraction of sp³-hybridized carbons (Fsp3) is 0.647. The van der Waals surface area contributed by atoms with Gasteiger partial charge in [0.05, 0.1) is 0 Å². The second kappa shape index (κ2) is 8.00. The van der Waals surface area contributed by atoms with Gasteiger partial charge in [0, 0.05) is 27.6 Å². The van der Waals surface area contributed by atoms with Crippen LogP contribution in [0.5, 0.6) is 0 Å². The second-order valence-electron chi connectivity index (χ2n) is 6.35. The first-order chi connectivity index (χ1) is 10.0. The maximum atomic E-state index is 3.67. The third kappa shape index (κ3) is 5.27. The molecule has 1 heterocycles. The lowest BCUT2D eigenvalue weighted by Crippen LogP contribution is -2.31. The van der Waals surface area contributed by atoms with Crippen LogP contribution in [0.25, 0.3) is 0 Å². The minimum absolute atomic E-state index is 0.421. The van der Waals surface area contributed by atoms with Crippen molar-refractivity contribution < 1.29 is 0 Å². The molecule has 0 bridgehead atoms. The molecule has 118 valence electrons. The van der Waals surface area contributed by atoms with Crippen molar-refractivity contribution in [3.8, 4) is 0 Å². The van der Waals surface area contributed by atoms with Gasteiger partial charge in [-0.25, -0.2) is 0 Å². The van der Waals surface area contributed by atoms with E-state index in [4.69, 9.17) is 0 Å². The van der Waals surface area contributed by atoms with Crippen molar-refractivity contribution in [2.45, 2.75) is 37.5 Å². The monoisotopic (exact) mass is 370 g/mol. The average molecular weight is 371 g/mol. The highest BCUT2D eigenvalue weighted by molar-refractivity contribution is 9.10. The summed E-state index contributed by atoms with van der Waals surface area (Å²) in [5.41, 5.74) is 1.37. The minimum Gasteiger partial charge on any atom is -0.313 e. The van der Waals surface area contributed by atoms with Gasteiger partial charge in [-0.05, 0) is 44.6 Å². The number of thioether (sulfide) groups is 1. The zero-order chi connectivity index (χ0) is 15.3. The molecule has 0 aromatic heterocycles. The summed E-state index contributed by atoms with van der Waals surface area (Å²) < 4.78 is 1.65. The molecule has 4 heteroatoms. The van der Waals surface area contributed by atoms with Gasteiger partial charge in [-0.15, -0.1) is 0 Å². The fourth-order valence-electron chi connectivity index (χ4n) is 2.81. The number of nitrogens with zero attached hydrogens (tertiary/aromatic N) is 1. The topological polar surface area (TPSA) is 15.3 Å². The highest BCUT2D eigenvalue weighted by Crippen LogP contribution is 2.31. The van der Waals surface area contributed by atoms with E-state index < -0.39 is 0 Å². The van der Waals surface area contributed by atoms with E-state index in [1.165, 1.54) is 41.8 Å². The Morgan fingerprint density at radius 3 is 2.81 bits per heavy atom. The Morgan fingerprint density at radius 2 is 2.10 bits per heavy atom. The van der Waals surface area contributed by atoms with E-state index in [-0.39, 0.29) is 0 Å². The van der Waals surface area contributed by atoms with Crippen LogP contribution in [0.1, 0.15) is 38.3 Å². The number of hydrogen-bond donors (Lipinski definition) is 1. The summed E-state index contributed by atoms with van der Waals surface area (Å²) in [7, 11) is 2.06. The Balaban J connectivity index is 1.90. The third-order valence-electron chi connectivity index (χ3n) is 4.29. The Hall–Kier alpha value is -0.0300. The van der Waals surface area contributed by atoms with Gasteiger partial charge in [-0.3, -0.25) is 0 Å². The van der Waals surface area contributed by atoms with Crippen molar-refractivity contribution >= 4 is 27.7 Å². The zero-order valence-corrected chi connectivity index (χ0v) is 15.8. The number of hydrogen-bond acceptors (Lipinski definition) is 3. The number of benzene rings is 1. The maximum absolute atomic E-state index is 3.67. The standard InChI is InChI=1S/C17H27BrN2S/c1-17(2)9-11-20(12-13-21-17)10-8-16(19-3)14-6-4-5-7-15(14)18/h4-7,16,19H,8-13H2,1-3H3. The zero-order valence-electron chi connectivity index (χ0n) is 13.4. The number of halogens is 1.